The van der Waals surface area contributed by atoms with Crippen LogP contribution >= 0.6 is 0 Å². The fourth-order valence-corrected chi connectivity index (χ4v) is 3.55. The maximum Gasteiger partial charge on any atom is 0.224 e. The van der Waals surface area contributed by atoms with E-state index in [0.717, 1.165) is 45.8 Å². The molecule has 0 aliphatic carbocycles. The smallest absolute Gasteiger partial charge is 0.224 e. The van der Waals surface area contributed by atoms with Gasteiger partial charge in [-0.25, -0.2) is 0 Å². The molecule has 22 heavy (non-hydrogen) atoms. The first-order chi connectivity index (χ1) is 10.4. The maximum absolute atomic E-state index is 12.5. The monoisotopic (exact) mass is 310 g/mol. The van der Waals surface area contributed by atoms with Crippen LogP contribution in [0.3, 0.4) is 0 Å². The summed E-state index contributed by atoms with van der Waals surface area (Å²) >= 11 is 0. The predicted octanol–water partition coefficient (Wildman–Crippen LogP) is 0.954. The molecule has 2 fully saturated rings. The zero-order valence-corrected chi connectivity index (χ0v) is 15.1. The Labute approximate surface area is 136 Å². The van der Waals surface area contributed by atoms with E-state index in [1.165, 1.54) is 0 Å². The van der Waals surface area contributed by atoms with Gasteiger partial charge in [-0.15, -0.1) is 0 Å². The molecule has 5 heteroatoms. The lowest BCUT2D eigenvalue weighted by molar-refractivity contribution is -0.137. The van der Waals surface area contributed by atoms with Gasteiger partial charge in [0.05, 0.1) is 0 Å². The van der Waals surface area contributed by atoms with E-state index in [9.17, 15) is 4.79 Å². The van der Waals surface area contributed by atoms with Crippen molar-refractivity contribution in [2.75, 3.05) is 52.9 Å². The molecule has 0 saturated carbocycles. The van der Waals surface area contributed by atoms with Crippen molar-refractivity contribution in [3.8, 4) is 0 Å². The third-order valence-electron chi connectivity index (χ3n) is 5.40. The molecule has 2 aliphatic heterocycles. The second-order valence-corrected chi connectivity index (χ2v) is 7.41. The Morgan fingerprint density at radius 2 is 1.68 bits per heavy atom. The number of carbonyl (C=O) groups excluding carboxylic acids is 1. The number of amides is 1. The zero-order valence-electron chi connectivity index (χ0n) is 15.1. The summed E-state index contributed by atoms with van der Waals surface area (Å²) in [5.41, 5.74) is 0. The van der Waals surface area contributed by atoms with Gasteiger partial charge >= 0.3 is 0 Å². The summed E-state index contributed by atoms with van der Waals surface area (Å²) < 4.78 is 0. The molecule has 128 valence electrons. The minimum atomic E-state index is 0.332. The van der Waals surface area contributed by atoms with Crippen LogP contribution in [0.15, 0.2) is 0 Å². The van der Waals surface area contributed by atoms with Crippen molar-refractivity contribution in [3.05, 3.63) is 0 Å². The maximum atomic E-state index is 12.5. The molecule has 0 radical (unpaired) electrons. The second kappa shape index (κ2) is 7.75. The van der Waals surface area contributed by atoms with Crippen LogP contribution in [0.1, 0.15) is 34.1 Å². The SMILES string of the molecule is CC1CN(C(=O)CCN2CCN(C(C)C)CC2)C(C)CN1C. The number of nitrogens with zero attached hydrogens (tertiary/aromatic N) is 4. The Balaban J connectivity index is 1.74. The Morgan fingerprint density at radius 3 is 2.27 bits per heavy atom. The van der Waals surface area contributed by atoms with Crippen molar-refractivity contribution in [2.24, 2.45) is 0 Å². The Morgan fingerprint density at radius 1 is 1.05 bits per heavy atom. The molecule has 5 nitrogen and oxygen atoms in total. The highest BCUT2D eigenvalue weighted by Crippen LogP contribution is 2.15. The Hall–Kier alpha value is -0.650. The molecule has 2 heterocycles. The number of rotatable bonds is 4. The molecular formula is C17H34N4O. The van der Waals surface area contributed by atoms with Gasteiger partial charge in [-0.3, -0.25) is 14.6 Å². The number of likely N-dealkylation sites (N-methyl/N-ethyl adjacent to an activating group) is 1. The Bertz CT molecular complexity index is 366. The summed E-state index contributed by atoms with van der Waals surface area (Å²) in [4.78, 5) is 21.9. The molecule has 2 saturated heterocycles. The quantitative estimate of drug-likeness (QED) is 0.773. The van der Waals surface area contributed by atoms with Crippen molar-refractivity contribution >= 4 is 5.91 Å². The van der Waals surface area contributed by atoms with Crippen LogP contribution < -0.4 is 0 Å². The van der Waals surface area contributed by atoms with E-state index < -0.39 is 0 Å². The van der Waals surface area contributed by atoms with E-state index in [2.05, 4.69) is 54.3 Å². The molecule has 0 aromatic rings. The second-order valence-electron chi connectivity index (χ2n) is 7.41. The van der Waals surface area contributed by atoms with Crippen molar-refractivity contribution in [2.45, 2.75) is 52.2 Å². The van der Waals surface area contributed by atoms with E-state index in [1.54, 1.807) is 0 Å². The number of hydrogen-bond acceptors (Lipinski definition) is 4. The van der Waals surface area contributed by atoms with Gasteiger partial charge in [0.2, 0.25) is 5.91 Å². The summed E-state index contributed by atoms with van der Waals surface area (Å²) in [6, 6.07) is 1.44. The number of piperazine rings is 2. The van der Waals surface area contributed by atoms with E-state index in [0.29, 0.717) is 30.5 Å². The van der Waals surface area contributed by atoms with Crippen LogP contribution in [0.4, 0.5) is 0 Å². The zero-order chi connectivity index (χ0) is 16.3. The van der Waals surface area contributed by atoms with Crippen LogP contribution in [-0.2, 0) is 4.79 Å². The number of hydrogen-bond donors (Lipinski definition) is 0. The van der Waals surface area contributed by atoms with Gasteiger partial charge in [0, 0.05) is 70.4 Å². The fraction of sp³-hybridized carbons (Fsp3) is 0.941. The minimum absolute atomic E-state index is 0.332. The highest BCUT2D eigenvalue weighted by atomic mass is 16.2. The minimum Gasteiger partial charge on any atom is -0.337 e. The number of carbonyl (C=O) groups is 1. The standard InChI is InChI=1S/C17H34N4O/c1-14(2)20-10-8-19(9-11-20)7-6-17(22)21-13-15(3)18(5)12-16(21)4/h14-16H,6-13H2,1-5H3. The third kappa shape index (κ3) is 4.43. The molecule has 1 amide bonds. The van der Waals surface area contributed by atoms with Crippen molar-refractivity contribution in [1.82, 2.24) is 19.6 Å². The molecule has 0 aromatic carbocycles. The Kier molecular flexibility index (Phi) is 6.24. The molecule has 0 aromatic heterocycles. The molecular weight excluding hydrogens is 276 g/mol. The molecule has 2 unspecified atom stereocenters. The lowest BCUT2D eigenvalue weighted by atomic mass is 10.1. The topological polar surface area (TPSA) is 30.0 Å². The highest BCUT2D eigenvalue weighted by Gasteiger charge is 2.30. The van der Waals surface area contributed by atoms with Gasteiger partial charge < -0.3 is 9.80 Å². The molecule has 2 rings (SSSR count). The van der Waals surface area contributed by atoms with E-state index in [-0.39, 0.29) is 0 Å². The van der Waals surface area contributed by atoms with Gasteiger partial charge in [0.15, 0.2) is 0 Å². The predicted molar refractivity (Wildman–Crippen MR) is 91.0 cm³/mol. The van der Waals surface area contributed by atoms with Gasteiger partial charge in [-0.05, 0) is 34.7 Å². The molecule has 2 aliphatic rings. The van der Waals surface area contributed by atoms with E-state index in [1.807, 2.05) is 0 Å². The van der Waals surface area contributed by atoms with Crippen LogP contribution in [-0.4, -0.2) is 96.5 Å². The lowest BCUT2D eigenvalue weighted by Crippen LogP contribution is -2.57. The van der Waals surface area contributed by atoms with E-state index >= 15 is 0 Å². The highest BCUT2D eigenvalue weighted by molar-refractivity contribution is 5.76. The van der Waals surface area contributed by atoms with Crippen molar-refractivity contribution in [1.29, 1.82) is 0 Å². The molecule has 2 atom stereocenters. The van der Waals surface area contributed by atoms with Crippen LogP contribution in [0.25, 0.3) is 0 Å². The summed E-state index contributed by atoms with van der Waals surface area (Å²) in [6.45, 7) is 16.1. The van der Waals surface area contributed by atoms with Gasteiger partial charge in [-0.1, -0.05) is 0 Å². The first kappa shape index (κ1) is 17.7. The summed E-state index contributed by atoms with van der Waals surface area (Å²) in [7, 11) is 2.15. The van der Waals surface area contributed by atoms with E-state index in [4.69, 9.17) is 0 Å². The molecule has 0 spiro atoms. The van der Waals surface area contributed by atoms with Gasteiger partial charge in [0.1, 0.15) is 0 Å². The summed E-state index contributed by atoms with van der Waals surface area (Å²) in [5, 5.41) is 0. The first-order valence-corrected chi connectivity index (χ1v) is 8.84. The van der Waals surface area contributed by atoms with Crippen molar-refractivity contribution < 1.29 is 4.79 Å². The van der Waals surface area contributed by atoms with Gasteiger partial charge in [-0.2, -0.15) is 0 Å². The summed E-state index contributed by atoms with van der Waals surface area (Å²) in [5.74, 6) is 0.332. The van der Waals surface area contributed by atoms with Crippen LogP contribution in [0.2, 0.25) is 0 Å². The fourth-order valence-electron chi connectivity index (χ4n) is 3.55. The van der Waals surface area contributed by atoms with Crippen LogP contribution in [0, 0.1) is 0 Å². The van der Waals surface area contributed by atoms with Crippen molar-refractivity contribution in [3.63, 3.8) is 0 Å². The summed E-state index contributed by atoms with van der Waals surface area (Å²) in [6.07, 6.45) is 0.669. The molecule has 0 N–H and O–H groups in total. The van der Waals surface area contributed by atoms with Crippen LogP contribution in [0.5, 0.6) is 0 Å². The normalized spacial score (nSPS) is 29.3. The average molecular weight is 310 g/mol. The average Bonchev–Trinajstić information content (AvgIpc) is 2.49. The first-order valence-electron chi connectivity index (χ1n) is 8.84. The largest absolute Gasteiger partial charge is 0.337 e. The lowest BCUT2D eigenvalue weighted by Gasteiger charge is -2.43. The molecule has 0 bridgehead atoms. The van der Waals surface area contributed by atoms with Gasteiger partial charge in [0.25, 0.3) is 0 Å². The third-order valence-corrected chi connectivity index (χ3v) is 5.40.